The quantitative estimate of drug-likeness (QED) is 0.275. The van der Waals surface area contributed by atoms with E-state index in [1.54, 1.807) is 0 Å². The van der Waals surface area contributed by atoms with Crippen molar-refractivity contribution in [3.05, 3.63) is 34.9 Å². The molecule has 2 heteroatoms. The van der Waals surface area contributed by atoms with Crippen LogP contribution in [0.5, 0.6) is 0 Å². The minimum absolute atomic E-state index is 0.109. The summed E-state index contributed by atoms with van der Waals surface area (Å²) in [6.07, 6.45) is 12.4. The predicted molar refractivity (Wildman–Crippen MR) is 107 cm³/mol. The van der Waals surface area contributed by atoms with Crippen LogP contribution in [0.25, 0.3) is 0 Å². The van der Waals surface area contributed by atoms with Gasteiger partial charge in [0.1, 0.15) is 0 Å². The molecule has 0 bridgehead atoms. The zero-order valence-electron chi connectivity index (χ0n) is 17.5. The van der Waals surface area contributed by atoms with Gasteiger partial charge in [0.2, 0.25) is 0 Å². The number of carbonyl (C=O) groups excluding carboxylic acids is 1. The molecule has 142 valence electrons. The molecule has 0 saturated carbocycles. The van der Waals surface area contributed by atoms with Crippen molar-refractivity contribution in [1.29, 1.82) is 0 Å². The van der Waals surface area contributed by atoms with Gasteiger partial charge in [-0.05, 0) is 43.4 Å². The normalized spacial score (nSPS) is 16.4. The van der Waals surface area contributed by atoms with E-state index in [4.69, 9.17) is 4.74 Å². The predicted octanol–water partition coefficient (Wildman–Crippen LogP) is 6.78. The molecule has 1 aliphatic rings. The van der Waals surface area contributed by atoms with Crippen molar-refractivity contribution in [3.8, 4) is 0 Å². The first kappa shape index (κ1) is 21.7. The fourth-order valence-corrected chi connectivity index (χ4v) is 2.88. The van der Waals surface area contributed by atoms with Crippen LogP contribution in [0, 0.1) is 10.8 Å². The monoisotopic (exact) mass is 346 g/mol. The molecular weight excluding hydrogens is 308 g/mol. The van der Waals surface area contributed by atoms with E-state index in [-0.39, 0.29) is 16.8 Å². The molecule has 1 rings (SSSR count). The Kier molecular flexibility index (Phi) is 8.18. The van der Waals surface area contributed by atoms with Gasteiger partial charge in [0.25, 0.3) is 0 Å². The first-order valence-electron chi connectivity index (χ1n) is 9.81. The Morgan fingerprint density at radius 3 is 2.48 bits per heavy atom. The van der Waals surface area contributed by atoms with E-state index in [0.29, 0.717) is 6.61 Å². The van der Waals surface area contributed by atoms with Crippen LogP contribution < -0.4 is 0 Å². The maximum absolute atomic E-state index is 12.2. The SMILES string of the molecule is CCCCOC(=O)C1=CCC=C(C(C)(C)CCC=C(C)C(C)(C)C)C1. The third-order valence-electron chi connectivity index (χ3n) is 5.37. The average molecular weight is 347 g/mol. The summed E-state index contributed by atoms with van der Waals surface area (Å²) in [6.45, 7) is 16.2. The molecular formula is C23H38O2. The highest BCUT2D eigenvalue weighted by Gasteiger charge is 2.27. The lowest BCUT2D eigenvalue weighted by Gasteiger charge is -2.30. The lowest BCUT2D eigenvalue weighted by Crippen LogP contribution is -2.20. The summed E-state index contributed by atoms with van der Waals surface area (Å²) >= 11 is 0. The standard InChI is InChI=1S/C23H38O2/c1-8-9-16-25-21(24)19-13-10-14-20(17-19)23(6,7)15-11-12-18(2)22(3,4)5/h12-14H,8-11,15-17H2,1-7H3. The molecule has 25 heavy (non-hydrogen) atoms. The molecule has 0 amide bonds. The van der Waals surface area contributed by atoms with Crippen molar-refractivity contribution in [2.24, 2.45) is 10.8 Å². The second-order valence-corrected chi connectivity index (χ2v) is 8.92. The van der Waals surface area contributed by atoms with Crippen LogP contribution in [0.2, 0.25) is 0 Å². The van der Waals surface area contributed by atoms with Crippen LogP contribution in [-0.2, 0) is 9.53 Å². The summed E-state index contributed by atoms with van der Waals surface area (Å²) in [7, 11) is 0. The van der Waals surface area contributed by atoms with Crippen molar-refractivity contribution >= 4 is 5.97 Å². The summed E-state index contributed by atoms with van der Waals surface area (Å²) in [5, 5.41) is 0. The number of rotatable bonds is 8. The smallest absolute Gasteiger partial charge is 0.334 e. The molecule has 0 N–H and O–H groups in total. The maximum atomic E-state index is 12.2. The Morgan fingerprint density at radius 2 is 1.88 bits per heavy atom. The second-order valence-electron chi connectivity index (χ2n) is 8.92. The van der Waals surface area contributed by atoms with Crippen LogP contribution >= 0.6 is 0 Å². The van der Waals surface area contributed by atoms with E-state index < -0.39 is 0 Å². The van der Waals surface area contributed by atoms with Crippen molar-refractivity contribution in [2.75, 3.05) is 6.61 Å². The Bertz CT molecular complexity index is 539. The number of carbonyl (C=O) groups is 1. The number of ether oxygens (including phenoxy) is 1. The van der Waals surface area contributed by atoms with E-state index in [2.05, 4.69) is 60.6 Å². The molecule has 0 aromatic carbocycles. The van der Waals surface area contributed by atoms with Crippen LogP contribution in [0.3, 0.4) is 0 Å². The largest absolute Gasteiger partial charge is 0.462 e. The van der Waals surface area contributed by atoms with E-state index in [9.17, 15) is 4.79 Å². The Balaban J connectivity index is 2.61. The highest BCUT2D eigenvalue weighted by molar-refractivity contribution is 5.89. The van der Waals surface area contributed by atoms with Gasteiger partial charge in [0.15, 0.2) is 0 Å². The highest BCUT2D eigenvalue weighted by Crippen LogP contribution is 2.38. The fraction of sp³-hybridized carbons (Fsp3) is 0.696. The minimum atomic E-state index is -0.127. The number of allylic oxidation sites excluding steroid dienone is 5. The second kappa shape index (κ2) is 9.40. The molecule has 2 nitrogen and oxygen atoms in total. The molecule has 0 unspecified atom stereocenters. The van der Waals surface area contributed by atoms with Gasteiger partial charge in [-0.15, -0.1) is 0 Å². The number of hydrogen-bond donors (Lipinski definition) is 0. The summed E-state index contributed by atoms with van der Waals surface area (Å²) < 4.78 is 5.39. The number of unbranched alkanes of at least 4 members (excludes halogenated alkanes) is 1. The van der Waals surface area contributed by atoms with Crippen LogP contribution in [0.1, 0.15) is 87.0 Å². The molecule has 0 heterocycles. The highest BCUT2D eigenvalue weighted by atomic mass is 16.5. The fourth-order valence-electron chi connectivity index (χ4n) is 2.88. The number of hydrogen-bond acceptors (Lipinski definition) is 2. The van der Waals surface area contributed by atoms with E-state index >= 15 is 0 Å². The molecule has 0 aromatic rings. The lowest BCUT2D eigenvalue weighted by molar-refractivity contribution is -0.139. The van der Waals surface area contributed by atoms with Crippen molar-refractivity contribution in [3.63, 3.8) is 0 Å². The van der Waals surface area contributed by atoms with E-state index in [0.717, 1.165) is 44.1 Å². The molecule has 1 aliphatic carbocycles. The Morgan fingerprint density at radius 1 is 1.20 bits per heavy atom. The van der Waals surface area contributed by atoms with Gasteiger partial charge in [-0.25, -0.2) is 4.79 Å². The van der Waals surface area contributed by atoms with Crippen molar-refractivity contribution in [1.82, 2.24) is 0 Å². The van der Waals surface area contributed by atoms with Crippen LogP contribution in [-0.4, -0.2) is 12.6 Å². The lowest BCUT2D eigenvalue weighted by atomic mass is 9.75. The molecule has 0 fully saturated rings. The van der Waals surface area contributed by atoms with Gasteiger partial charge in [0.05, 0.1) is 6.61 Å². The van der Waals surface area contributed by atoms with Gasteiger partial charge < -0.3 is 4.74 Å². The van der Waals surface area contributed by atoms with Crippen LogP contribution in [0.15, 0.2) is 34.9 Å². The molecule has 0 atom stereocenters. The van der Waals surface area contributed by atoms with E-state index in [1.807, 2.05) is 6.08 Å². The summed E-state index contributed by atoms with van der Waals surface area (Å²) in [4.78, 5) is 12.2. The summed E-state index contributed by atoms with van der Waals surface area (Å²) in [6, 6.07) is 0. The zero-order chi connectivity index (χ0) is 19.1. The van der Waals surface area contributed by atoms with E-state index in [1.165, 1.54) is 11.1 Å². The third-order valence-corrected chi connectivity index (χ3v) is 5.37. The Labute approximate surface area is 155 Å². The minimum Gasteiger partial charge on any atom is -0.462 e. The zero-order valence-corrected chi connectivity index (χ0v) is 17.5. The van der Waals surface area contributed by atoms with Gasteiger partial charge in [-0.1, -0.05) is 77.3 Å². The van der Waals surface area contributed by atoms with Gasteiger partial charge >= 0.3 is 5.97 Å². The van der Waals surface area contributed by atoms with Gasteiger partial charge in [-0.3, -0.25) is 0 Å². The Hall–Kier alpha value is -1.31. The van der Waals surface area contributed by atoms with Gasteiger partial charge in [-0.2, -0.15) is 0 Å². The molecule has 0 aromatic heterocycles. The molecule has 0 aliphatic heterocycles. The topological polar surface area (TPSA) is 26.3 Å². The van der Waals surface area contributed by atoms with Gasteiger partial charge in [0, 0.05) is 12.0 Å². The molecule has 0 saturated heterocycles. The first-order chi connectivity index (χ1) is 11.6. The average Bonchev–Trinajstić information content (AvgIpc) is 2.54. The molecule has 0 radical (unpaired) electrons. The van der Waals surface area contributed by atoms with Crippen molar-refractivity contribution in [2.45, 2.75) is 87.0 Å². The third kappa shape index (κ3) is 7.22. The summed E-state index contributed by atoms with van der Waals surface area (Å²) in [5.41, 5.74) is 4.01. The molecule has 0 spiro atoms. The van der Waals surface area contributed by atoms with Crippen LogP contribution in [0.4, 0.5) is 0 Å². The maximum Gasteiger partial charge on any atom is 0.334 e. The summed E-state index contributed by atoms with van der Waals surface area (Å²) in [5.74, 6) is -0.127. The first-order valence-corrected chi connectivity index (χ1v) is 9.81. The number of esters is 1. The van der Waals surface area contributed by atoms with Crippen molar-refractivity contribution < 1.29 is 9.53 Å².